The Kier molecular flexibility index (Phi) is 6.03. The standard InChI is InChI=1S/C18H18N4OS2/c1-24-18-21-20-16(22(18)13-14-6-3-2-4-7-14)12-19-17(23)10-9-15-8-5-11-25-15/h2-11H,12-13H2,1H3,(H,19,23). The predicted octanol–water partition coefficient (Wildman–Crippen LogP) is 3.44. The molecule has 1 N–H and O–H groups in total. The first-order chi connectivity index (χ1) is 12.3. The van der Waals surface area contributed by atoms with Gasteiger partial charge in [-0.3, -0.25) is 4.79 Å². The minimum atomic E-state index is -0.145. The van der Waals surface area contributed by atoms with Crippen LogP contribution in [0.3, 0.4) is 0 Å². The molecule has 25 heavy (non-hydrogen) atoms. The van der Waals surface area contributed by atoms with Gasteiger partial charge in [-0.2, -0.15) is 0 Å². The summed E-state index contributed by atoms with van der Waals surface area (Å²) in [7, 11) is 0. The molecule has 0 bridgehead atoms. The van der Waals surface area contributed by atoms with Crippen molar-refractivity contribution in [3.05, 3.63) is 70.2 Å². The zero-order valence-corrected chi connectivity index (χ0v) is 15.4. The minimum Gasteiger partial charge on any atom is -0.345 e. The monoisotopic (exact) mass is 370 g/mol. The number of amides is 1. The van der Waals surface area contributed by atoms with Crippen LogP contribution in [0, 0.1) is 0 Å². The zero-order valence-electron chi connectivity index (χ0n) is 13.8. The summed E-state index contributed by atoms with van der Waals surface area (Å²) in [5.41, 5.74) is 1.17. The van der Waals surface area contributed by atoms with Crippen LogP contribution in [0.5, 0.6) is 0 Å². The van der Waals surface area contributed by atoms with Gasteiger partial charge in [-0.05, 0) is 29.3 Å². The van der Waals surface area contributed by atoms with Crippen molar-refractivity contribution in [3.63, 3.8) is 0 Å². The van der Waals surface area contributed by atoms with Gasteiger partial charge < -0.3 is 9.88 Å². The lowest BCUT2D eigenvalue weighted by molar-refractivity contribution is -0.116. The van der Waals surface area contributed by atoms with Gasteiger partial charge in [-0.15, -0.1) is 21.5 Å². The third-order valence-corrected chi connectivity index (χ3v) is 5.03. The first kappa shape index (κ1) is 17.4. The lowest BCUT2D eigenvalue weighted by Gasteiger charge is -2.09. The fourth-order valence-corrected chi connectivity index (χ4v) is 3.43. The maximum Gasteiger partial charge on any atom is 0.244 e. The van der Waals surface area contributed by atoms with Crippen molar-refractivity contribution in [1.82, 2.24) is 20.1 Å². The molecule has 0 radical (unpaired) electrons. The molecule has 0 spiro atoms. The summed E-state index contributed by atoms with van der Waals surface area (Å²) in [6.45, 7) is 1.02. The van der Waals surface area contributed by atoms with Gasteiger partial charge in [0.15, 0.2) is 11.0 Å². The normalized spacial score (nSPS) is 11.1. The number of benzene rings is 1. The van der Waals surface area contributed by atoms with E-state index >= 15 is 0 Å². The Morgan fingerprint density at radius 2 is 2.08 bits per heavy atom. The summed E-state index contributed by atoms with van der Waals surface area (Å²) < 4.78 is 2.03. The van der Waals surface area contributed by atoms with E-state index in [2.05, 4.69) is 27.6 Å². The van der Waals surface area contributed by atoms with Gasteiger partial charge in [0.05, 0.1) is 13.1 Å². The number of thiophene rings is 1. The highest BCUT2D eigenvalue weighted by Crippen LogP contribution is 2.16. The Bertz CT molecular complexity index is 841. The summed E-state index contributed by atoms with van der Waals surface area (Å²) in [6.07, 6.45) is 5.32. The van der Waals surface area contributed by atoms with E-state index < -0.39 is 0 Å². The summed E-state index contributed by atoms with van der Waals surface area (Å²) in [6, 6.07) is 14.1. The molecule has 2 aromatic heterocycles. The van der Waals surface area contributed by atoms with Crippen LogP contribution in [-0.4, -0.2) is 26.9 Å². The number of rotatable bonds is 7. The van der Waals surface area contributed by atoms with Crippen molar-refractivity contribution in [1.29, 1.82) is 0 Å². The molecule has 1 amide bonds. The Morgan fingerprint density at radius 1 is 1.24 bits per heavy atom. The molecule has 3 aromatic rings. The zero-order chi connectivity index (χ0) is 17.5. The smallest absolute Gasteiger partial charge is 0.244 e. The van der Waals surface area contributed by atoms with Crippen molar-refractivity contribution in [2.24, 2.45) is 0 Å². The van der Waals surface area contributed by atoms with Crippen LogP contribution in [0.25, 0.3) is 6.08 Å². The highest BCUT2D eigenvalue weighted by atomic mass is 32.2. The summed E-state index contributed by atoms with van der Waals surface area (Å²) >= 11 is 3.14. The van der Waals surface area contributed by atoms with Gasteiger partial charge in [0, 0.05) is 11.0 Å². The van der Waals surface area contributed by atoms with Crippen LogP contribution in [0.15, 0.2) is 59.1 Å². The summed E-state index contributed by atoms with van der Waals surface area (Å²) in [5.74, 6) is 0.597. The van der Waals surface area contributed by atoms with E-state index in [-0.39, 0.29) is 5.91 Å². The Morgan fingerprint density at radius 3 is 2.80 bits per heavy atom. The van der Waals surface area contributed by atoms with Crippen molar-refractivity contribution < 1.29 is 4.79 Å². The molecule has 128 valence electrons. The molecule has 0 unspecified atom stereocenters. The molecule has 3 rings (SSSR count). The number of carbonyl (C=O) groups is 1. The molecule has 0 aliphatic carbocycles. The molecule has 0 aliphatic heterocycles. The van der Waals surface area contributed by atoms with E-state index in [9.17, 15) is 4.79 Å². The average molecular weight is 371 g/mol. The molecule has 2 heterocycles. The Labute approximate surface area is 154 Å². The van der Waals surface area contributed by atoms with E-state index in [4.69, 9.17) is 0 Å². The highest BCUT2D eigenvalue weighted by molar-refractivity contribution is 7.98. The van der Waals surface area contributed by atoms with Crippen molar-refractivity contribution in [2.75, 3.05) is 6.26 Å². The third kappa shape index (κ3) is 4.80. The van der Waals surface area contributed by atoms with E-state index in [1.165, 1.54) is 5.56 Å². The molecular formula is C18H18N4OS2. The number of nitrogens with one attached hydrogen (secondary N) is 1. The number of aromatic nitrogens is 3. The molecule has 7 heteroatoms. The van der Waals surface area contributed by atoms with Gasteiger partial charge in [0.25, 0.3) is 0 Å². The Hall–Kier alpha value is -2.38. The molecule has 5 nitrogen and oxygen atoms in total. The maximum absolute atomic E-state index is 12.0. The van der Waals surface area contributed by atoms with Crippen LogP contribution in [0.2, 0.25) is 0 Å². The van der Waals surface area contributed by atoms with Crippen LogP contribution in [0.1, 0.15) is 16.3 Å². The molecule has 0 aliphatic rings. The number of nitrogens with zero attached hydrogens (tertiary/aromatic N) is 3. The first-order valence-electron chi connectivity index (χ1n) is 7.75. The maximum atomic E-state index is 12.0. The SMILES string of the molecule is CSc1nnc(CNC(=O)C=Cc2cccs2)n1Cc1ccccc1. The highest BCUT2D eigenvalue weighted by Gasteiger charge is 2.12. The lowest BCUT2D eigenvalue weighted by Crippen LogP contribution is -2.23. The van der Waals surface area contributed by atoms with Gasteiger partial charge in [-0.1, -0.05) is 48.2 Å². The molecule has 0 atom stereocenters. The second-order valence-electron chi connectivity index (χ2n) is 5.24. The quantitative estimate of drug-likeness (QED) is 0.511. The van der Waals surface area contributed by atoms with Crippen LogP contribution in [0.4, 0.5) is 0 Å². The van der Waals surface area contributed by atoms with E-state index in [0.29, 0.717) is 13.1 Å². The number of hydrogen-bond acceptors (Lipinski definition) is 5. The van der Waals surface area contributed by atoms with Gasteiger partial charge in [-0.25, -0.2) is 0 Å². The first-order valence-corrected chi connectivity index (χ1v) is 9.86. The lowest BCUT2D eigenvalue weighted by atomic mass is 10.2. The molecule has 1 aromatic carbocycles. The minimum absolute atomic E-state index is 0.145. The number of thioether (sulfide) groups is 1. The van der Waals surface area contributed by atoms with Crippen LogP contribution in [-0.2, 0) is 17.9 Å². The van der Waals surface area contributed by atoms with Gasteiger partial charge in [0.1, 0.15) is 0 Å². The molecular weight excluding hydrogens is 352 g/mol. The fraction of sp³-hybridized carbons (Fsp3) is 0.167. The number of carbonyl (C=O) groups excluding carboxylic acids is 1. The van der Waals surface area contributed by atoms with Gasteiger partial charge in [0.2, 0.25) is 5.91 Å². The van der Waals surface area contributed by atoms with Crippen molar-refractivity contribution in [3.8, 4) is 0 Å². The number of hydrogen-bond donors (Lipinski definition) is 1. The van der Waals surface area contributed by atoms with E-state index in [1.807, 2.05) is 52.6 Å². The van der Waals surface area contributed by atoms with Crippen LogP contribution >= 0.6 is 23.1 Å². The molecule has 0 saturated carbocycles. The van der Waals surface area contributed by atoms with Gasteiger partial charge >= 0.3 is 0 Å². The topological polar surface area (TPSA) is 59.8 Å². The predicted molar refractivity (Wildman–Crippen MR) is 103 cm³/mol. The van der Waals surface area contributed by atoms with Crippen molar-refractivity contribution >= 4 is 35.1 Å². The van der Waals surface area contributed by atoms with E-state index in [0.717, 1.165) is 15.9 Å². The molecule has 0 fully saturated rings. The average Bonchev–Trinajstić information content (AvgIpc) is 3.29. The second kappa shape index (κ2) is 8.64. The van der Waals surface area contributed by atoms with Crippen molar-refractivity contribution in [2.45, 2.75) is 18.2 Å². The van der Waals surface area contributed by atoms with E-state index in [1.54, 1.807) is 29.2 Å². The summed E-state index contributed by atoms with van der Waals surface area (Å²) in [5, 5.41) is 14.1. The molecule has 0 saturated heterocycles. The largest absolute Gasteiger partial charge is 0.345 e. The third-order valence-electron chi connectivity index (χ3n) is 3.52. The fourth-order valence-electron chi connectivity index (χ4n) is 2.29. The second-order valence-corrected chi connectivity index (χ2v) is 6.99. The summed E-state index contributed by atoms with van der Waals surface area (Å²) in [4.78, 5) is 13.0. The Balaban J connectivity index is 1.66. The van der Waals surface area contributed by atoms with Crippen LogP contribution < -0.4 is 5.32 Å².